The molecule has 6 rings (SSSR count). The quantitative estimate of drug-likeness (QED) is 0.0323. The largest absolute Gasteiger partial charge is 1.00 e. The van der Waals surface area contributed by atoms with Gasteiger partial charge in [0.2, 0.25) is 5.78 Å². The molecule has 5 aromatic rings. The number of fused-ring (bicyclic) bond motifs is 1. The van der Waals surface area contributed by atoms with Gasteiger partial charge in [-0.3, -0.25) is 28.3 Å². The summed E-state index contributed by atoms with van der Waals surface area (Å²) in [6.07, 6.45) is 3.90. The molecule has 1 aliphatic rings. The maximum Gasteiger partial charge on any atom is 1.00 e. The standard InChI is InChI=1S/C32H27N7O13S3.2Cu/c1-15-30(32(43)39(38-15)18-4-6-19(7-5-18)53(44,45)46)37-35-22-10-3-17(13-25(22)41)16-2-9-21(24(40)12-16)34-36-23-11-8-20-26(54(47,48)49)14-27(55(50,51)52)29(33)28(20)31(23)42;;/h2-14H,1H3,(H11,33,34,35,36,37,38,40,41,42,43,44,45,46,47,48,49,50,51,52);;/q;2*+1/p-2. The van der Waals surface area contributed by atoms with Crippen LogP contribution >= 0.6 is 0 Å². The molecule has 4 aromatic carbocycles. The van der Waals surface area contributed by atoms with Crippen molar-refractivity contribution in [3.63, 3.8) is 0 Å². The van der Waals surface area contributed by atoms with Gasteiger partial charge in [-0.05, 0) is 66.6 Å². The molecule has 0 saturated carbocycles. The summed E-state index contributed by atoms with van der Waals surface area (Å²) < 4.78 is 99.7. The molecule has 20 nitrogen and oxygen atoms in total. The number of nitrogens with two attached hydrogens (primary N) is 1. The SMILES string of the molecule is Cc1[nH]n(-c2ccc(S(=O)(=O)O)cc2)c(=O)c1N[N-]c1ccc(C2=CC(=O)/C(=N\[N-]c3ccc4c(S(=O)(=O)O)cc(S(=O)(=O)O)c(N)c4c3O)C=C2)cc1O.[Cu+].[Cu+]. The number of carbonyl (C=O) groups is 1. The van der Waals surface area contributed by atoms with E-state index in [0.717, 1.165) is 28.9 Å². The van der Waals surface area contributed by atoms with Gasteiger partial charge >= 0.3 is 34.1 Å². The summed E-state index contributed by atoms with van der Waals surface area (Å²) in [5, 5.41) is 27.2. The van der Waals surface area contributed by atoms with Crippen molar-refractivity contribution < 1.29 is 88.1 Å². The van der Waals surface area contributed by atoms with E-state index in [1.807, 2.05) is 0 Å². The summed E-state index contributed by atoms with van der Waals surface area (Å²) in [6.45, 7) is 1.57. The van der Waals surface area contributed by atoms with Crippen LogP contribution in [-0.4, -0.2) is 70.4 Å². The zero-order valence-electron chi connectivity index (χ0n) is 28.2. The number of aromatic nitrogens is 2. The molecule has 1 aromatic heterocycles. The topological polar surface area (TPSA) is 337 Å². The molecule has 0 spiro atoms. The number of H-pyrrole nitrogens is 1. The fourth-order valence-electron chi connectivity index (χ4n) is 5.39. The molecule has 9 N–H and O–H groups in total. The average Bonchev–Trinajstić information content (AvgIpc) is 3.38. The minimum Gasteiger partial charge on any atom is -0.594 e. The number of anilines is 2. The second kappa shape index (κ2) is 16.2. The van der Waals surface area contributed by atoms with E-state index in [1.54, 1.807) is 6.92 Å². The molecule has 57 heavy (non-hydrogen) atoms. The van der Waals surface area contributed by atoms with Crippen LogP contribution in [0.25, 0.3) is 32.9 Å². The van der Waals surface area contributed by atoms with Crippen LogP contribution < -0.4 is 16.7 Å². The Bertz CT molecular complexity index is 2960. The van der Waals surface area contributed by atoms with Gasteiger partial charge in [0.15, 0.2) is 0 Å². The van der Waals surface area contributed by atoms with Crippen molar-refractivity contribution in [2.45, 2.75) is 21.6 Å². The molecule has 0 amide bonds. The number of phenolic OH excluding ortho intramolecular Hbond substituents is 2. The first-order valence-electron chi connectivity index (χ1n) is 15.1. The number of aromatic hydroxyl groups is 2. The first kappa shape index (κ1) is 44.3. The first-order valence-corrected chi connectivity index (χ1v) is 19.4. The fraction of sp³-hybridized carbons (Fsp3) is 0.0312. The second-order valence-corrected chi connectivity index (χ2v) is 15.8. The van der Waals surface area contributed by atoms with E-state index in [4.69, 9.17) is 5.73 Å². The van der Waals surface area contributed by atoms with E-state index >= 15 is 0 Å². The van der Waals surface area contributed by atoms with Gasteiger partial charge < -0.3 is 37.3 Å². The van der Waals surface area contributed by atoms with Crippen LogP contribution in [-0.2, 0) is 69.3 Å². The van der Waals surface area contributed by atoms with E-state index in [-0.39, 0.29) is 67.6 Å². The summed E-state index contributed by atoms with van der Waals surface area (Å²) >= 11 is 0. The van der Waals surface area contributed by atoms with Gasteiger partial charge in [-0.1, -0.05) is 41.7 Å². The normalized spacial score (nSPS) is 13.8. The number of nitrogens with one attached hydrogen (secondary N) is 2. The van der Waals surface area contributed by atoms with E-state index in [0.29, 0.717) is 22.9 Å². The van der Waals surface area contributed by atoms with Crippen molar-refractivity contribution in [1.29, 1.82) is 0 Å². The number of aryl methyl sites for hydroxylation is 1. The van der Waals surface area contributed by atoms with Gasteiger partial charge in [-0.15, -0.1) is 0 Å². The van der Waals surface area contributed by atoms with Crippen molar-refractivity contribution in [2.75, 3.05) is 11.2 Å². The number of aromatic amines is 1. The zero-order valence-corrected chi connectivity index (χ0v) is 32.5. The number of carbonyl (C=O) groups excluding carboxylic acids is 1. The fourth-order valence-corrected chi connectivity index (χ4v) is 7.30. The maximum atomic E-state index is 13.0. The van der Waals surface area contributed by atoms with Gasteiger partial charge in [0.25, 0.3) is 35.9 Å². The minimum atomic E-state index is -5.12. The number of benzene rings is 4. The van der Waals surface area contributed by atoms with Crippen LogP contribution in [0, 0.1) is 6.92 Å². The monoisotopic (exact) mass is 937 g/mol. The van der Waals surface area contributed by atoms with E-state index in [9.17, 15) is 58.7 Å². The number of phenols is 2. The predicted octanol–water partition coefficient (Wildman–Crippen LogP) is 3.97. The minimum absolute atomic E-state index is 0. The Hall–Kier alpha value is -5.46. The molecule has 0 aliphatic heterocycles. The van der Waals surface area contributed by atoms with Crippen molar-refractivity contribution in [1.82, 2.24) is 9.78 Å². The van der Waals surface area contributed by atoms with E-state index in [1.165, 1.54) is 48.6 Å². The summed E-state index contributed by atoms with van der Waals surface area (Å²) in [5.41, 5.74) is 15.7. The predicted molar refractivity (Wildman–Crippen MR) is 198 cm³/mol. The molecular weight excluding hydrogens is 914 g/mol. The van der Waals surface area contributed by atoms with Crippen LogP contribution in [0.4, 0.5) is 22.7 Å². The Morgan fingerprint density at radius 3 is 2.02 bits per heavy atom. The van der Waals surface area contributed by atoms with Gasteiger partial charge in [0.1, 0.15) is 27.0 Å². The van der Waals surface area contributed by atoms with Gasteiger partial charge in [0, 0.05) is 10.8 Å². The number of nitrogens with zero attached hydrogens (tertiary/aromatic N) is 4. The molecule has 0 fully saturated rings. The van der Waals surface area contributed by atoms with Gasteiger partial charge in [-0.25, -0.2) is 4.68 Å². The Kier molecular flexibility index (Phi) is 12.6. The Morgan fingerprint density at radius 2 is 1.44 bits per heavy atom. The second-order valence-electron chi connectivity index (χ2n) is 11.6. The molecule has 0 radical (unpaired) electrons. The smallest absolute Gasteiger partial charge is 0.594 e. The van der Waals surface area contributed by atoms with Crippen LogP contribution in [0.5, 0.6) is 11.5 Å². The summed E-state index contributed by atoms with van der Waals surface area (Å²) in [7, 11) is -14.6. The average molecular weight is 939 g/mol. The summed E-state index contributed by atoms with van der Waals surface area (Å²) in [6, 6.07) is 11.6. The van der Waals surface area contributed by atoms with Crippen molar-refractivity contribution >= 4 is 80.9 Å². The van der Waals surface area contributed by atoms with Crippen LogP contribution in [0.1, 0.15) is 11.3 Å². The number of rotatable bonds is 10. The number of nitrogen functional groups attached to an aromatic ring is 1. The van der Waals surface area contributed by atoms with E-state index < -0.39 is 79.4 Å². The third kappa shape index (κ3) is 8.92. The first-order chi connectivity index (χ1) is 25.6. The summed E-state index contributed by atoms with van der Waals surface area (Å²) in [4.78, 5) is 23.5. The number of hydrogen-bond acceptors (Lipinski definition) is 13. The molecule has 0 saturated heterocycles. The summed E-state index contributed by atoms with van der Waals surface area (Å²) in [5.74, 6) is -1.87. The van der Waals surface area contributed by atoms with Crippen molar-refractivity contribution in [2.24, 2.45) is 5.10 Å². The molecule has 306 valence electrons. The van der Waals surface area contributed by atoms with Gasteiger partial charge in [0.05, 0.1) is 27.7 Å². The van der Waals surface area contributed by atoms with Gasteiger partial charge in [-0.2, -0.15) is 25.3 Å². The Labute approximate surface area is 343 Å². The number of ketones is 1. The molecule has 0 unspecified atom stereocenters. The van der Waals surface area contributed by atoms with Crippen LogP contribution in [0.3, 0.4) is 0 Å². The number of allylic oxidation sites excluding steroid dienone is 4. The van der Waals surface area contributed by atoms with Crippen LogP contribution in [0.2, 0.25) is 0 Å². The van der Waals surface area contributed by atoms with E-state index in [2.05, 4.69) is 26.5 Å². The van der Waals surface area contributed by atoms with Crippen molar-refractivity contribution in [3.8, 4) is 17.2 Å². The molecule has 1 heterocycles. The van der Waals surface area contributed by atoms with Crippen molar-refractivity contribution in [3.05, 3.63) is 111 Å². The molecule has 25 heteroatoms. The number of hydrogen-bond donors (Lipinski definition) is 8. The maximum absolute atomic E-state index is 13.0. The third-order valence-corrected chi connectivity index (χ3v) is 10.7. The molecule has 0 bridgehead atoms. The molecule has 1 aliphatic carbocycles. The Balaban J connectivity index is 0.00000360. The molecular formula is C32H25Cu2N7O13S3. The molecule has 0 atom stereocenters. The third-order valence-electron chi connectivity index (χ3n) is 8.06. The Morgan fingerprint density at radius 1 is 0.807 bits per heavy atom. The van der Waals surface area contributed by atoms with Crippen LogP contribution in [0.15, 0.2) is 103 Å². The zero-order chi connectivity index (χ0) is 40.2.